The maximum absolute atomic E-state index is 12.4. The monoisotopic (exact) mass is 267 g/mol. The van der Waals surface area contributed by atoms with E-state index in [1.165, 1.54) is 11.3 Å². The van der Waals surface area contributed by atoms with Crippen molar-refractivity contribution in [2.75, 3.05) is 7.11 Å². The smallest absolute Gasteiger partial charge is 0.196 e. The van der Waals surface area contributed by atoms with Crippen LogP contribution < -0.4 is 10.2 Å². The fourth-order valence-electron chi connectivity index (χ4n) is 2.03. The summed E-state index contributed by atoms with van der Waals surface area (Å²) in [5.74, 6) is 0.671. The minimum Gasteiger partial charge on any atom is -0.497 e. The standard InChI is InChI=1S/C15H9NO2S/c1-18-10-3-5-13-12(7-10)15(17)11-4-2-9(8-16)6-14(11)19-13/h2-7H,1H3. The maximum atomic E-state index is 12.4. The van der Waals surface area contributed by atoms with Crippen LogP contribution in [0.15, 0.2) is 41.2 Å². The third kappa shape index (κ3) is 1.85. The third-order valence-electron chi connectivity index (χ3n) is 3.01. The number of fused-ring (bicyclic) bond motifs is 2. The summed E-state index contributed by atoms with van der Waals surface area (Å²) in [6.45, 7) is 0. The Bertz CT molecular complexity index is 890. The van der Waals surface area contributed by atoms with E-state index in [0.29, 0.717) is 22.1 Å². The van der Waals surface area contributed by atoms with Gasteiger partial charge in [0.25, 0.3) is 0 Å². The second kappa shape index (κ2) is 4.38. The number of benzene rings is 2. The molecule has 0 spiro atoms. The molecular weight excluding hydrogens is 258 g/mol. The number of nitriles is 1. The minimum absolute atomic E-state index is 0.0212. The van der Waals surface area contributed by atoms with Gasteiger partial charge in [0.05, 0.1) is 18.7 Å². The van der Waals surface area contributed by atoms with E-state index in [1.807, 2.05) is 12.1 Å². The number of methoxy groups -OCH3 is 1. The second-order valence-electron chi connectivity index (χ2n) is 4.12. The van der Waals surface area contributed by atoms with E-state index >= 15 is 0 Å². The first-order chi connectivity index (χ1) is 9.22. The summed E-state index contributed by atoms with van der Waals surface area (Å²) in [6.07, 6.45) is 0. The average Bonchev–Trinajstić information content (AvgIpc) is 2.46. The van der Waals surface area contributed by atoms with Gasteiger partial charge in [0.15, 0.2) is 5.43 Å². The molecule has 0 saturated carbocycles. The molecule has 0 unspecified atom stereocenters. The summed E-state index contributed by atoms with van der Waals surface area (Å²) in [5.41, 5.74) is 0.545. The first kappa shape index (κ1) is 11.7. The van der Waals surface area contributed by atoms with E-state index in [-0.39, 0.29) is 5.43 Å². The number of ether oxygens (including phenoxy) is 1. The molecule has 2 aromatic carbocycles. The van der Waals surface area contributed by atoms with Gasteiger partial charge < -0.3 is 4.74 Å². The molecule has 1 aromatic heterocycles. The van der Waals surface area contributed by atoms with Gasteiger partial charge in [-0.05, 0) is 36.4 Å². The minimum atomic E-state index is -0.0212. The van der Waals surface area contributed by atoms with Crippen molar-refractivity contribution in [1.82, 2.24) is 0 Å². The van der Waals surface area contributed by atoms with E-state index in [2.05, 4.69) is 6.07 Å². The molecule has 19 heavy (non-hydrogen) atoms. The molecule has 3 rings (SSSR count). The molecule has 0 amide bonds. The Kier molecular flexibility index (Phi) is 2.69. The maximum Gasteiger partial charge on any atom is 0.196 e. The van der Waals surface area contributed by atoms with Gasteiger partial charge in [-0.15, -0.1) is 11.3 Å². The predicted molar refractivity (Wildman–Crippen MR) is 76.9 cm³/mol. The quantitative estimate of drug-likeness (QED) is 0.636. The van der Waals surface area contributed by atoms with E-state index < -0.39 is 0 Å². The highest BCUT2D eigenvalue weighted by Gasteiger charge is 2.07. The van der Waals surface area contributed by atoms with Crippen LogP contribution >= 0.6 is 11.3 Å². The average molecular weight is 267 g/mol. The SMILES string of the molecule is COc1ccc2sc3cc(C#N)ccc3c(=O)c2c1. The molecule has 0 aliphatic rings. The molecular formula is C15H9NO2S. The Morgan fingerprint density at radius 2 is 1.95 bits per heavy atom. The fourth-order valence-corrected chi connectivity index (χ4v) is 3.12. The first-order valence-electron chi connectivity index (χ1n) is 5.67. The zero-order valence-electron chi connectivity index (χ0n) is 10.1. The highest BCUT2D eigenvalue weighted by molar-refractivity contribution is 7.24. The van der Waals surface area contributed by atoms with Crippen LogP contribution in [-0.2, 0) is 0 Å². The summed E-state index contributed by atoms with van der Waals surface area (Å²) >= 11 is 1.51. The van der Waals surface area contributed by atoms with Gasteiger partial charge in [-0.25, -0.2) is 0 Å². The van der Waals surface area contributed by atoms with Gasteiger partial charge in [0.1, 0.15) is 5.75 Å². The summed E-state index contributed by atoms with van der Waals surface area (Å²) < 4.78 is 6.88. The van der Waals surface area contributed by atoms with Crippen LogP contribution in [0, 0.1) is 11.3 Å². The summed E-state index contributed by atoms with van der Waals surface area (Å²) in [5, 5.41) is 10.2. The Morgan fingerprint density at radius 1 is 1.11 bits per heavy atom. The van der Waals surface area contributed by atoms with Crippen LogP contribution in [0.3, 0.4) is 0 Å². The Labute approximate surface area is 113 Å². The highest BCUT2D eigenvalue weighted by Crippen LogP contribution is 2.27. The normalized spacial score (nSPS) is 10.5. The Balaban J connectivity index is 2.45. The Hall–Kier alpha value is -2.38. The lowest BCUT2D eigenvalue weighted by molar-refractivity contribution is 0.415. The molecule has 0 radical (unpaired) electrons. The summed E-state index contributed by atoms with van der Waals surface area (Å²) in [7, 11) is 1.58. The van der Waals surface area contributed by atoms with Gasteiger partial charge in [0, 0.05) is 20.2 Å². The summed E-state index contributed by atoms with van der Waals surface area (Å²) in [6, 6.07) is 12.7. The topological polar surface area (TPSA) is 50.1 Å². The van der Waals surface area contributed by atoms with Gasteiger partial charge in [0.2, 0.25) is 0 Å². The van der Waals surface area contributed by atoms with Crippen molar-refractivity contribution in [3.8, 4) is 11.8 Å². The van der Waals surface area contributed by atoms with Crippen LogP contribution in [0.4, 0.5) is 0 Å². The van der Waals surface area contributed by atoms with Crippen molar-refractivity contribution in [3.05, 3.63) is 52.2 Å². The van der Waals surface area contributed by atoms with E-state index in [9.17, 15) is 4.79 Å². The van der Waals surface area contributed by atoms with Crippen molar-refractivity contribution < 1.29 is 4.74 Å². The van der Waals surface area contributed by atoms with Crippen LogP contribution in [0.5, 0.6) is 5.75 Å². The van der Waals surface area contributed by atoms with Crippen molar-refractivity contribution in [2.45, 2.75) is 0 Å². The molecule has 0 fully saturated rings. The number of nitrogens with zero attached hydrogens (tertiary/aromatic N) is 1. The molecule has 0 saturated heterocycles. The lowest BCUT2D eigenvalue weighted by Crippen LogP contribution is -2.01. The van der Waals surface area contributed by atoms with Crippen LogP contribution in [-0.4, -0.2) is 7.11 Å². The number of rotatable bonds is 1. The van der Waals surface area contributed by atoms with Crippen molar-refractivity contribution in [2.24, 2.45) is 0 Å². The van der Waals surface area contributed by atoms with Crippen molar-refractivity contribution in [1.29, 1.82) is 5.26 Å². The fraction of sp³-hybridized carbons (Fsp3) is 0.0667. The van der Waals surface area contributed by atoms with Crippen LogP contribution in [0.1, 0.15) is 5.56 Å². The van der Waals surface area contributed by atoms with E-state index in [0.717, 1.165) is 9.40 Å². The molecule has 4 heteroatoms. The molecule has 92 valence electrons. The number of hydrogen-bond acceptors (Lipinski definition) is 4. The molecule has 3 nitrogen and oxygen atoms in total. The van der Waals surface area contributed by atoms with Crippen LogP contribution in [0.25, 0.3) is 20.2 Å². The van der Waals surface area contributed by atoms with Gasteiger partial charge in [-0.2, -0.15) is 5.26 Å². The largest absolute Gasteiger partial charge is 0.497 e. The first-order valence-corrected chi connectivity index (χ1v) is 6.49. The predicted octanol–water partition coefficient (Wildman–Crippen LogP) is 3.29. The second-order valence-corrected chi connectivity index (χ2v) is 5.20. The highest BCUT2D eigenvalue weighted by atomic mass is 32.1. The Morgan fingerprint density at radius 3 is 2.68 bits per heavy atom. The third-order valence-corrected chi connectivity index (χ3v) is 4.14. The van der Waals surface area contributed by atoms with Gasteiger partial charge in [-0.3, -0.25) is 4.79 Å². The number of hydrogen-bond donors (Lipinski definition) is 0. The molecule has 0 aliphatic carbocycles. The van der Waals surface area contributed by atoms with Crippen molar-refractivity contribution >= 4 is 31.5 Å². The molecule has 0 N–H and O–H groups in total. The van der Waals surface area contributed by atoms with Crippen molar-refractivity contribution in [3.63, 3.8) is 0 Å². The van der Waals surface area contributed by atoms with Gasteiger partial charge >= 0.3 is 0 Å². The van der Waals surface area contributed by atoms with E-state index in [4.69, 9.17) is 10.00 Å². The zero-order valence-corrected chi connectivity index (χ0v) is 11.0. The lowest BCUT2D eigenvalue weighted by atomic mass is 10.1. The molecule has 0 aliphatic heterocycles. The molecule has 0 bridgehead atoms. The van der Waals surface area contributed by atoms with Gasteiger partial charge in [-0.1, -0.05) is 0 Å². The van der Waals surface area contributed by atoms with Crippen LogP contribution in [0.2, 0.25) is 0 Å². The van der Waals surface area contributed by atoms with E-state index in [1.54, 1.807) is 31.4 Å². The molecule has 3 aromatic rings. The lowest BCUT2D eigenvalue weighted by Gasteiger charge is -2.03. The zero-order chi connectivity index (χ0) is 13.4. The molecule has 1 heterocycles. The molecule has 0 atom stereocenters. The summed E-state index contributed by atoms with van der Waals surface area (Å²) in [4.78, 5) is 12.4.